The molecule has 26 heavy (non-hydrogen) atoms. The van der Waals surface area contributed by atoms with Gasteiger partial charge in [-0.1, -0.05) is 23.7 Å². The van der Waals surface area contributed by atoms with Gasteiger partial charge in [0.2, 0.25) is 0 Å². The molecule has 0 atom stereocenters. The summed E-state index contributed by atoms with van der Waals surface area (Å²) in [5.74, 6) is 2.11. The Hall–Kier alpha value is -3.19. The van der Waals surface area contributed by atoms with Crippen LogP contribution in [0, 0.1) is 6.92 Å². The van der Waals surface area contributed by atoms with Gasteiger partial charge in [-0.25, -0.2) is 15.0 Å². The van der Waals surface area contributed by atoms with Gasteiger partial charge in [0.1, 0.15) is 23.3 Å². The normalized spacial score (nSPS) is 10.9. The van der Waals surface area contributed by atoms with Crippen molar-refractivity contribution >= 4 is 45.8 Å². The van der Waals surface area contributed by atoms with Crippen molar-refractivity contribution in [2.45, 2.75) is 6.92 Å². The van der Waals surface area contributed by atoms with Crippen LogP contribution in [0.3, 0.4) is 0 Å². The lowest BCUT2D eigenvalue weighted by molar-refractivity contribution is 1.02. The number of hydrogen-bond donors (Lipinski definition) is 2. The van der Waals surface area contributed by atoms with Crippen LogP contribution in [0.5, 0.6) is 0 Å². The highest BCUT2D eigenvalue weighted by Gasteiger charge is 2.18. The molecule has 0 amide bonds. The number of hydrogen-bond acceptors (Lipinski definition) is 6. The molecule has 0 aliphatic carbocycles. The van der Waals surface area contributed by atoms with E-state index in [1.807, 2.05) is 61.3 Å². The first-order chi connectivity index (χ1) is 12.6. The second kappa shape index (κ2) is 6.61. The number of aromatic amines is 1. The Labute approximate surface area is 155 Å². The lowest BCUT2D eigenvalue weighted by Crippen LogP contribution is -2.12. The zero-order valence-electron chi connectivity index (χ0n) is 14.2. The lowest BCUT2D eigenvalue weighted by Gasteiger charge is -2.17. The number of rotatable bonds is 4. The summed E-state index contributed by atoms with van der Waals surface area (Å²) in [7, 11) is 1.91. The maximum atomic E-state index is 6.08. The Balaban J connectivity index is 1.79. The van der Waals surface area contributed by atoms with Gasteiger partial charge in [0, 0.05) is 23.5 Å². The van der Waals surface area contributed by atoms with E-state index < -0.39 is 0 Å². The van der Waals surface area contributed by atoms with E-state index in [4.69, 9.17) is 11.6 Å². The van der Waals surface area contributed by atoms with Crippen LogP contribution >= 0.6 is 11.6 Å². The maximum absolute atomic E-state index is 6.08. The number of aryl methyl sites for hydroxylation is 1. The van der Waals surface area contributed by atoms with Crippen molar-refractivity contribution in [2.24, 2.45) is 0 Å². The van der Waals surface area contributed by atoms with Crippen LogP contribution in [0.15, 0.2) is 48.8 Å². The molecule has 0 aliphatic rings. The second-order valence-electron chi connectivity index (χ2n) is 5.82. The summed E-state index contributed by atoms with van der Waals surface area (Å²) in [5.41, 5.74) is 2.41. The molecule has 0 unspecified atom stereocenters. The number of fused-ring (bicyclic) bond motifs is 1. The topological polar surface area (TPSA) is 82.6 Å². The van der Waals surface area contributed by atoms with Crippen LogP contribution < -0.4 is 10.2 Å². The molecule has 8 heteroatoms. The van der Waals surface area contributed by atoms with Gasteiger partial charge in [-0.2, -0.15) is 5.10 Å². The van der Waals surface area contributed by atoms with Crippen LogP contribution in [0.25, 0.3) is 11.0 Å². The van der Waals surface area contributed by atoms with Gasteiger partial charge in [0.25, 0.3) is 0 Å². The molecule has 3 heterocycles. The highest BCUT2D eigenvalue weighted by atomic mass is 35.5. The van der Waals surface area contributed by atoms with E-state index in [0.29, 0.717) is 22.3 Å². The van der Waals surface area contributed by atoms with Gasteiger partial charge >= 0.3 is 0 Å². The molecule has 0 aliphatic heterocycles. The van der Waals surface area contributed by atoms with E-state index in [2.05, 4.69) is 30.5 Å². The van der Waals surface area contributed by atoms with Gasteiger partial charge in [0.05, 0.1) is 0 Å². The molecule has 130 valence electrons. The summed E-state index contributed by atoms with van der Waals surface area (Å²) >= 11 is 6.08. The van der Waals surface area contributed by atoms with Gasteiger partial charge in [-0.05, 0) is 37.3 Å². The fourth-order valence-electron chi connectivity index (χ4n) is 2.71. The number of H-pyrrole nitrogens is 1. The summed E-state index contributed by atoms with van der Waals surface area (Å²) in [5, 5.41) is 12.1. The van der Waals surface area contributed by atoms with E-state index >= 15 is 0 Å². The quantitative estimate of drug-likeness (QED) is 0.563. The summed E-state index contributed by atoms with van der Waals surface area (Å²) in [6.45, 7) is 1.95. The Morgan fingerprint density at radius 2 is 1.96 bits per heavy atom. The highest BCUT2D eigenvalue weighted by molar-refractivity contribution is 6.30. The number of benzene rings is 1. The summed E-state index contributed by atoms with van der Waals surface area (Å²) in [6.07, 6.45) is 1.49. The zero-order chi connectivity index (χ0) is 18.1. The average Bonchev–Trinajstić information content (AvgIpc) is 3.06. The number of nitrogens with one attached hydrogen (secondary N) is 2. The smallest absolute Gasteiger partial charge is 0.169 e. The third kappa shape index (κ3) is 3.04. The van der Waals surface area contributed by atoms with E-state index in [9.17, 15) is 0 Å². The molecule has 1 aromatic carbocycles. The third-order valence-corrected chi connectivity index (χ3v) is 4.20. The SMILES string of the molecule is Cc1cccc(N(C)c2n[nH]c3ncnc(Nc4cccc(Cl)c4)c23)n1. The predicted octanol–water partition coefficient (Wildman–Crippen LogP) is 4.22. The lowest BCUT2D eigenvalue weighted by atomic mass is 10.3. The van der Waals surface area contributed by atoms with Crippen molar-refractivity contribution in [2.75, 3.05) is 17.3 Å². The minimum atomic E-state index is 0.638. The van der Waals surface area contributed by atoms with Crippen LogP contribution in [0.1, 0.15) is 5.69 Å². The number of pyridine rings is 1. The average molecular weight is 366 g/mol. The number of aromatic nitrogens is 5. The molecule has 3 aromatic heterocycles. The first-order valence-corrected chi connectivity index (χ1v) is 8.38. The first kappa shape index (κ1) is 16.3. The Bertz CT molecular complexity index is 1080. The molecule has 0 fully saturated rings. The van der Waals surface area contributed by atoms with E-state index in [-0.39, 0.29) is 0 Å². The molecule has 0 spiro atoms. The Morgan fingerprint density at radius 3 is 2.77 bits per heavy atom. The van der Waals surface area contributed by atoms with E-state index in [0.717, 1.165) is 22.6 Å². The summed E-state index contributed by atoms with van der Waals surface area (Å²) in [4.78, 5) is 15.1. The van der Waals surface area contributed by atoms with Gasteiger partial charge < -0.3 is 10.2 Å². The molecule has 2 N–H and O–H groups in total. The van der Waals surface area contributed by atoms with Gasteiger partial charge in [-0.3, -0.25) is 5.10 Å². The molecule has 4 aromatic rings. The molecule has 4 rings (SSSR count). The van der Waals surface area contributed by atoms with Crippen molar-refractivity contribution < 1.29 is 0 Å². The van der Waals surface area contributed by atoms with Gasteiger partial charge in [-0.15, -0.1) is 0 Å². The van der Waals surface area contributed by atoms with Crippen LogP contribution in [-0.4, -0.2) is 32.2 Å². The van der Waals surface area contributed by atoms with E-state index in [1.165, 1.54) is 6.33 Å². The summed E-state index contributed by atoms with van der Waals surface area (Å²) in [6, 6.07) is 13.3. The summed E-state index contributed by atoms with van der Waals surface area (Å²) < 4.78 is 0. The molecule has 0 saturated carbocycles. The fraction of sp³-hybridized carbons (Fsp3) is 0.111. The Kier molecular flexibility index (Phi) is 4.14. The van der Waals surface area contributed by atoms with Crippen LogP contribution in [-0.2, 0) is 0 Å². The fourth-order valence-corrected chi connectivity index (χ4v) is 2.90. The van der Waals surface area contributed by atoms with Crippen LogP contribution in [0.2, 0.25) is 5.02 Å². The monoisotopic (exact) mass is 365 g/mol. The van der Waals surface area contributed by atoms with Crippen molar-refractivity contribution in [1.82, 2.24) is 25.1 Å². The molecular formula is C18H16ClN7. The number of nitrogens with zero attached hydrogens (tertiary/aromatic N) is 5. The van der Waals surface area contributed by atoms with Gasteiger partial charge in [0.15, 0.2) is 11.5 Å². The van der Waals surface area contributed by atoms with Crippen LogP contribution in [0.4, 0.5) is 23.1 Å². The molecule has 0 saturated heterocycles. The standard InChI is InChI=1S/C18H16ClN7/c1-11-5-3-8-14(22-11)26(2)18-15-16(20-10-21-17(15)24-25-18)23-13-7-4-6-12(19)9-13/h3-10H,1-2H3,(H2,20,21,23,24,25). The minimum Gasteiger partial charge on any atom is -0.339 e. The molecule has 0 radical (unpaired) electrons. The van der Waals surface area contributed by atoms with Crippen molar-refractivity contribution in [3.8, 4) is 0 Å². The molecule has 7 nitrogen and oxygen atoms in total. The van der Waals surface area contributed by atoms with E-state index in [1.54, 1.807) is 0 Å². The molecular weight excluding hydrogens is 350 g/mol. The predicted molar refractivity (Wildman–Crippen MR) is 103 cm³/mol. The molecule has 0 bridgehead atoms. The third-order valence-electron chi connectivity index (χ3n) is 3.96. The zero-order valence-corrected chi connectivity index (χ0v) is 15.0. The minimum absolute atomic E-state index is 0.638. The largest absolute Gasteiger partial charge is 0.339 e. The van der Waals surface area contributed by atoms with Crippen molar-refractivity contribution in [3.05, 3.63) is 59.5 Å². The second-order valence-corrected chi connectivity index (χ2v) is 6.26. The number of halogens is 1. The first-order valence-electron chi connectivity index (χ1n) is 8.01. The van der Waals surface area contributed by atoms with Crippen molar-refractivity contribution in [3.63, 3.8) is 0 Å². The Morgan fingerprint density at radius 1 is 1.12 bits per heavy atom. The van der Waals surface area contributed by atoms with Crippen molar-refractivity contribution in [1.29, 1.82) is 0 Å². The highest BCUT2D eigenvalue weighted by Crippen LogP contribution is 2.32. The maximum Gasteiger partial charge on any atom is 0.169 e. The number of anilines is 4.